The first kappa shape index (κ1) is 24.7. The van der Waals surface area contributed by atoms with Crippen LogP contribution >= 0.6 is 24.0 Å². The van der Waals surface area contributed by atoms with Gasteiger partial charge < -0.3 is 20.0 Å². The van der Waals surface area contributed by atoms with E-state index in [4.69, 9.17) is 9.41 Å². The molecule has 0 aliphatic carbocycles. The van der Waals surface area contributed by atoms with Crippen LogP contribution in [0.15, 0.2) is 52.1 Å². The van der Waals surface area contributed by atoms with Crippen molar-refractivity contribution in [1.29, 1.82) is 0 Å². The molecule has 30 heavy (non-hydrogen) atoms. The molecule has 6 nitrogen and oxygen atoms in total. The van der Waals surface area contributed by atoms with Crippen LogP contribution in [0.2, 0.25) is 0 Å². The van der Waals surface area contributed by atoms with Crippen LogP contribution < -0.4 is 10.6 Å². The van der Waals surface area contributed by atoms with Gasteiger partial charge in [0.05, 0.1) is 12.8 Å². The van der Waals surface area contributed by atoms with Crippen molar-refractivity contribution in [3.8, 4) is 0 Å². The third-order valence-electron chi connectivity index (χ3n) is 5.35. The quantitative estimate of drug-likeness (QED) is 0.299. The number of hydrogen-bond acceptors (Lipinski definition) is 4. The zero-order valence-corrected chi connectivity index (χ0v) is 20.6. The maximum atomic E-state index is 5.38. The summed E-state index contributed by atoms with van der Waals surface area (Å²) in [5.74, 6) is 1.83. The first-order valence-electron chi connectivity index (χ1n) is 10.8. The Balaban J connectivity index is 0.00000320. The largest absolute Gasteiger partial charge is 0.469 e. The molecule has 2 N–H and O–H groups in total. The maximum absolute atomic E-state index is 5.38. The lowest BCUT2D eigenvalue weighted by molar-refractivity contribution is 0.132. The zero-order valence-electron chi connectivity index (χ0n) is 18.3. The number of nitrogens with zero attached hydrogens (tertiary/aromatic N) is 3. The van der Waals surface area contributed by atoms with Gasteiger partial charge in [-0.25, -0.2) is 4.99 Å². The molecular formula is C23H36IN5O. The Morgan fingerprint density at radius 3 is 2.30 bits per heavy atom. The minimum absolute atomic E-state index is 0. The molecule has 3 rings (SSSR count). The Kier molecular flexibility index (Phi) is 11.2. The fourth-order valence-electron chi connectivity index (χ4n) is 3.54. The van der Waals surface area contributed by atoms with E-state index in [0.717, 1.165) is 57.4 Å². The molecule has 0 amide bonds. The number of piperazine rings is 1. The van der Waals surface area contributed by atoms with Gasteiger partial charge in [-0.1, -0.05) is 31.2 Å². The van der Waals surface area contributed by atoms with E-state index < -0.39 is 0 Å². The third kappa shape index (κ3) is 8.28. The van der Waals surface area contributed by atoms with Gasteiger partial charge in [0, 0.05) is 52.2 Å². The molecule has 0 spiro atoms. The zero-order chi connectivity index (χ0) is 20.3. The molecule has 1 aromatic carbocycles. The molecule has 0 saturated carbocycles. The fraction of sp³-hybridized carbons (Fsp3) is 0.522. The first-order chi connectivity index (χ1) is 14.3. The summed E-state index contributed by atoms with van der Waals surface area (Å²) >= 11 is 0. The highest BCUT2D eigenvalue weighted by atomic mass is 127. The Bertz CT molecular complexity index is 725. The Morgan fingerprint density at radius 1 is 0.967 bits per heavy atom. The van der Waals surface area contributed by atoms with E-state index in [-0.39, 0.29) is 24.0 Å². The van der Waals surface area contributed by atoms with E-state index in [0.29, 0.717) is 6.54 Å². The number of halogens is 1. The Hall–Kier alpha value is -1.58. The number of likely N-dealkylation sites (N-methyl/N-ethyl adjacent to an activating group) is 1. The van der Waals surface area contributed by atoms with Crippen molar-refractivity contribution in [2.45, 2.75) is 33.4 Å². The molecular weight excluding hydrogens is 489 g/mol. The molecule has 1 aliphatic heterocycles. The number of hydrogen-bond donors (Lipinski definition) is 2. The Labute approximate surface area is 198 Å². The molecule has 0 atom stereocenters. The van der Waals surface area contributed by atoms with Gasteiger partial charge in [-0.2, -0.15) is 0 Å². The summed E-state index contributed by atoms with van der Waals surface area (Å²) in [7, 11) is 0. The highest BCUT2D eigenvalue weighted by Gasteiger charge is 2.15. The van der Waals surface area contributed by atoms with E-state index in [1.807, 2.05) is 12.1 Å². The minimum Gasteiger partial charge on any atom is -0.469 e. The van der Waals surface area contributed by atoms with Crippen molar-refractivity contribution < 1.29 is 4.42 Å². The van der Waals surface area contributed by atoms with Crippen LogP contribution in [-0.2, 0) is 19.5 Å². The van der Waals surface area contributed by atoms with Crippen LogP contribution in [0.1, 0.15) is 30.7 Å². The smallest absolute Gasteiger partial charge is 0.191 e. The molecule has 1 fully saturated rings. The Morgan fingerprint density at radius 2 is 1.67 bits per heavy atom. The lowest BCUT2D eigenvalue weighted by Crippen LogP contribution is -2.45. The molecule has 0 radical (unpaired) electrons. The van der Waals surface area contributed by atoms with Crippen molar-refractivity contribution in [3.05, 3.63) is 59.5 Å². The number of furan rings is 1. The van der Waals surface area contributed by atoms with Crippen molar-refractivity contribution in [3.63, 3.8) is 0 Å². The average Bonchev–Trinajstić information content (AvgIpc) is 3.27. The molecule has 166 valence electrons. The van der Waals surface area contributed by atoms with Gasteiger partial charge in [0.15, 0.2) is 5.96 Å². The van der Waals surface area contributed by atoms with Gasteiger partial charge >= 0.3 is 0 Å². The second-order valence-corrected chi connectivity index (χ2v) is 7.48. The first-order valence-corrected chi connectivity index (χ1v) is 10.8. The summed E-state index contributed by atoms with van der Waals surface area (Å²) in [4.78, 5) is 9.78. The van der Waals surface area contributed by atoms with Crippen molar-refractivity contribution in [2.75, 3.05) is 45.8 Å². The van der Waals surface area contributed by atoms with Crippen LogP contribution in [0.25, 0.3) is 0 Å². The summed E-state index contributed by atoms with van der Waals surface area (Å²) in [6, 6.07) is 12.8. The predicted octanol–water partition coefficient (Wildman–Crippen LogP) is 3.33. The van der Waals surface area contributed by atoms with Crippen LogP contribution in [0.3, 0.4) is 0 Å². The minimum atomic E-state index is 0. The number of aliphatic imine (C=N–C) groups is 1. The normalized spacial score (nSPS) is 15.6. The second-order valence-electron chi connectivity index (χ2n) is 7.48. The van der Waals surface area contributed by atoms with Gasteiger partial charge in [-0.15, -0.1) is 24.0 Å². The van der Waals surface area contributed by atoms with Crippen LogP contribution in [0, 0.1) is 0 Å². The van der Waals surface area contributed by atoms with Crippen molar-refractivity contribution in [2.24, 2.45) is 4.99 Å². The predicted molar refractivity (Wildman–Crippen MR) is 134 cm³/mol. The molecule has 2 heterocycles. The summed E-state index contributed by atoms with van der Waals surface area (Å²) in [5, 5.41) is 6.68. The highest BCUT2D eigenvalue weighted by Crippen LogP contribution is 2.11. The fourth-order valence-corrected chi connectivity index (χ4v) is 3.54. The molecule has 2 aromatic rings. The van der Waals surface area contributed by atoms with E-state index in [1.54, 1.807) is 6.26 Å². The van der Waals surface area contributed by atoms with Gasteiger partial charge in [-0.05, 0) is 36.7 Å². The number of benzene rings is 1. The standard InChI is InChI=1S/C23H35N5O.HI/c1-3-24-23(25-12-11-22-6-5-17-29-22)26-18-20-7-9-21(10-8-20)19-28-15-13-27(4-2)14-16-28;/h5-10,17H,3-4,11-16,18-19H2,1-2H3,(H2,24,25,26);1H. The van der Waals surface area contributed by atoms with Crippen LogP contribution in [0.5, 0.6) is 0 Å². The van der Waals surface area contributed by atoms with Gasteiger partial charge in [0.25, 0.3) is 0 Å². The molecule has 7 heteroatoms. The van der Waals surface area contributed by atoms with E-state index in [1.165, 1.54) is 24.2 Å². The van der Waals surface area contributed by atoms with Crippen molar-refractivity contribution >= 4 is 29.9 Å². The average molecular weight is 525 g/mol. The topological polar surface area (TPSA) is 56.0 Å². The van der Waals surface area contributed by atoms with Crippen LogP contribution in [-0.4, -0.2) is 61.6 Å². The van der Waals surface area contributed by atoms with E-state index in [2.05, 4.69) is 58.5 Å². The van der Waals surface area contributed by atoms with Crippen molar-refractivity contribution in [1.82, 2.24) is 20.4 Å². The number of rotatable bonds is 9. The maximum Gasteiger partial charge on any atom is 0.191 e. The molecule has 1 aliphatic rings. The lowest BCUT2D eigenvalue weighted by Gasteiger charge is -2.34. The molecule has 0 unspecified atom stereocenters. The summed E-state index contributed by atoms with van der Waals surface area (Å²) in [5.41, 5.74) is 2.61. The summed E-state index contributed by atoms with van der Waals surface area (Å²) in [6.07, 6.45) is 2.56. The third-order valence-corrected chi connectivity index (χ3v) is 5.35. The highest BCUT2D eigenvalue weighted by molar-refractivity contribution is 14.0. The lowest BCUT2D eigenvalue weighted by atomic mass is 10.1. The SMILES string of the molecule is CCNC(=NCc1ccc(CN2CCN(CC)CC2)cc1)NCCc1ccco1.I. The van der Waals surface area contributed by atoms with Gasteiger partial charge in [0.1, 0.15) is 5.76 Å². The van der Waals surface area contributed by atoms with Crippen LogP contribution in [0.4, 0.5) is 0 Å². The van der Waals surface area contributed by atoms with E-state index in [9.17, 15) is 0 Å². The molecule has 1 saturated heterocycles. The second kappa shape index (κ2) is 13.7. The number of nitrogens with one attached hydrogen (secondary N) is 2. The number of guanidine groups is 1. The van der Waals surface area contributed by atoms with Gasteiger partial charge in [-0.3, -0.25) is 4.90 Å². The molecule has 0 bridgehead atoms. The van der Waals surface area contributed by atoms with E-state index >= 15 is 0 Å². The monoisotopic (exact) mass is 525 g/mol. The summed E-state index contributed by atoms with van der Waals surface area (Å²) < 4.78 is 5.38. The summed E-state index contributed by atoms with van der Waals surface area (Å²) in [6.45, 7) is 13.5. The van der Waals surface area contributed by atoms with Gasteiger partial charge in [0.2, 0.25) is 0 Å². The molecule has 1 aromatic heterocycles.